The maximum atomic E-state index is 10.3. The number of hydrogen-bond acceptors (Lipinski definition) is 3. The molecule has 1 aliphatic rings. The highest BCUT2D eigenvalue weighted by Gasteiger charge is 2.34. The third-order valence-electron chi connectivity index (χ3n) is 3.57. The lowest BCUT2D eigenvalue weighted by molar-refractivity contribution is -0.0520. The van der Waals surface area contributed by atoms with Gasteiger partial charge < -0.3 is 15.5 Å². The van der Waals surface area contributed by atoms with E-state index in [0.717, 1.165) is 12.8 Å². The van der Waals surface area contributed by atoms with Gasteiger partial charge in [0.05, 0.1) is 11.7 Å². The Labute approximate surface area is 92.9 Å². The van der Waals surface area contributed by atoms with Crippen LogP contribution in [0.15, 0.2) is 0 Å². The van der Waals surface area contributed by atoms with E-state index in [4.69, 9.17) is 0 Å². The summed E-state index contributed by atoms with van der Waals surface area (Å²) in [6.45, 7) is 2.44. The van der Waals surface area contributed by atoms with Crippen molar-refractivity contribution in [3.8, 4) is 0 Å². The quantitative estimate of drug-likeness (QED) is 0.648. The molecule has 3 heteroatoms. The molecule has 0 bridgehead atoms. The van der Waals surface area contributed by atoms with Crippen LogP contribution in [0.25, 0.3) is 0 Å². The second-order valence-corrected chi connectivity index (χ2v) is 5.11. The smallest absolute Gasteiger partial charge is 0.0691 e. The average Bonchev–Trinajstić information content (AvgIpc) is 2.18. The molecule has 0 spiro atoms. The maximum Gasteiger partial charge on any atom is 0.0691 e. The third-order valence-corrected chi connectivity index (χ3v) is 3.57. The monoisotopic (exact) mass is 215 g/mol. The topological polar surface area (TPSA) is 52.5 Å². The van der Waals surface area contributed by atoms with Gasteiger partial charge in [-0.1, -0.05) is 19.3 Å². The average molecular weight is 215 g/mol. The second-order valence-electron chi connectivity index (χ2n) is 5.11. The van der Waals surface area contributed by atoms with Gasteiger partial charge in [-0.05, 0) is 32.7 Å². The molecule has 0 aromatic heterocycles. The van der Waals surface area contributed by atoms with Gasteiger partial charge in [0.15, 0.2) is 0 Å². The van der Waals surface area contributed by atoms with Gasteiger partial charge in [-0.2, -0.15) is 0 Å². The van der Waals surface area contributed by atoms with Gasteiger partial charge in [-0.25, -0.2) is 0 Å². The second kappa shape index (κ2) is 5.83. The Morgan fingerprint density at radius 3 is 2.47 bits per heavy atom. The Hall–Kier alpha value is -0.120. The van der Waals surface area contributed by atoms with Crippen LogP contribution in [0, 0.1) is 5.92 Å². The number of likely N-dealkylation sites (N-methyl/N-ethyl adjacent to an activating group) is 1. The number of aliphatic hydroxyl groups is 2. The Kier molecular flexibility index (Phi) is 5.03. The zero-order chi connectivity index (χ0) is 11.3. The molecule has 0 aromatic rings. The van der Waals surface area contributed by atoms with E-state index in [2.05, 4.69) is 5.32 Å². The summed E-state index contributed by atoms with van der Waals surface area (Å²) in [7, 11) is 1.82. The first-order valence-corrected chi connectivity index (χ1v) is 6.11. The van der Waals surface area contributed by atoms with Gasteiger partial charge >= 0.3 is 0 Å². The van der Waals surface area contributed by atoms with Crippen molar-refractivity contribution in [3.05, 3.63) is 0 Å². The standard InChI is InChI=1S/C12H25NO2/c1-12(15,8-11(14)9-13-2)10-6-4-3-5-7-10/h10-11,13-15H,3-9H2,1-2H3. The highest BCUT2D eigenvalue weighted by atomic mass is 16.3. The molecule has 1 fully saturated rings. The summed E-state index contributed by atoms with van der Waals surface area (Å²) in [6, 6.07) is 0. The first-order chi connectivity index (χ1) is 7.06. The molecule has 1 saturated carbocycles. The van der Waals surface area contributed by atoms with Gasteiger partial charge in [0, 0.05) is 13.0 Å². The molecule has 3 N–H and O–H groups in total. The highest BCUT2D eigenvalue weighted by Crippen LogP contribution is 2.35. The van der Waals surface area contributed by atoms with Crippen molar-refractivity contribution in [3.63, 3.8) is 0 Å². The van der Waals surface area contributed by atoms with E-state index in [0.29, 0.717) is 18.9 Å². The van der Waals surface area contributed by atoms with Crippen LogP contribution in [0.1, 0.15) is 45.4 Å². The Balaban J connectivity index is 2.41. The fourth-order valence-electron chi connectivity index (χ4n) is 2.68. The lowest BCUT2D eigenvalue weighted by Gasteiger charge is -2.37. The minimum atomic E-state index is -0.698. The molecule has 0 aromatic carbocycles. The molecular weight excluding hydrogens is 190 g/mol. The lowest BCUT2D eigenvalue weighted by atomic mass is 9.75. The number of aliphatic hydroxyl groups excluding tert-OH is 1. The fourth-order valence-corrected chi connectivity index (χ4v) is 2.68. The van der Waals surface area contributed by atoms with Crippen LogP contribution < -0.4 is 5.32 Å². The first kappa shape index (κ1) is 12.9. The third kappa shape index (κ3) is 4.09. The normalized spacial score (nSPS) is 24.8. The Bertz CT molecular complexity index is 176. The molecule has 2 atom stereocenters. The predicted molar refractivity (Wildman–Crippen MR) is 61.7 cm³/mol. The SMILES string of the molecule is CNCC(O)CC(C)(O)C1CCCCC1. The molecule has 0 saturated heterocycles. The minimum Gasteiger partial charge on any atom is -0.392 e. The van der Waals surface area contributed by atoms with E-state index >= 15 is 0 Å². The Morgan fingerprint density at radius 1 is 1.33 bits per heavy atom. The van der Waals surface area contributed by atoms with E-state index in [-0.39, 0.29) is 0 Å². The van der Waals surface area contributed by atoms with Gasteiger partial charge in [-0.3, -0.25) is 0 Å². The molecule has 0 aliphatic heterocycles. The van der Waals surface area contributed by atoms with Crippen LogP contribution in [0.2, 0.25) is 0 Å². The van der Waals surface area contributed by atoms with Crippen LogP contribution >= 0.6 is 0 Å². The molecule has 2 unspecified atom stereocenters. The molecule has 1 aliphatic carbocycles. The number of hydrogen-bond donors (Lipinski definition) is 3. The predicted octanol–water partition coefficient (Wildman–Crippen LogP) is 1.29. The summed E-state index contributed by atoms with van der Waals surface area (Å²) in [4.78, 5) is 0. The highest BCUT2D eigenvalue weighted by molar-refractivity contribution is 4.86. The van der Waals surface area contributed by atoms with E-state index in [1.807, 2.05) is 14.0 Å². The molecule has 15 heavy (non-hydrogen) atoms. The van der Waals surface area contributed by atoms with Crippen molar-refractivity contribution in [2.75, 3.05) is 13.6 Å². The molecular formula is C12H25NO2. The van der Waals surface area contributed by atoms with Crippen molar-refractivity contribution in [1.82, 2.24) is 5.32 Å². The Morgan fingerprint density at radius 2 is 1.93 bits per heavy atom. The summed E-state index contributed by atoms with van der Waals surface area (Å²) in [5.41, 5.74) is -0.698. The fraction of sp³-hybridized carbons (Fsp3) is 1.00. The van der Waals surface area contributed by atoms with E-state index < -0.39 is 11.7 Å². The zero-order valence-corrected chi connectivity index (χ0v) is 10.00. The van der Waals surface area contributed by atoms with Crippen molar-refractivity contribution >= 4 is 0 Å². The number of rotatable bonds is 5. The van der Waals surface area contributed by atoms with Crippen LogP contribution in [0.3, 0.4) is 0 Å². The van der Waals surface area contributed by atoms with Gasteiger partial charge in [0.1, 0.15) is 0 Å². The molecule has 90 valence electrons. The largest absolute Gasteiger partial charge is 0.392 e. The minimum absolute atomic E-state index is 0.373. The summed E-state index contributed by atoms with van der Waals surface area (Å²) in [5, 5.41) is 23.0. The maximum absolute atomic E-state index is 10.3. The lowest BCUT2D eigenvalue weighted by Crippen LogP contribution is -2.41. The van der Waals surface area contributed by atoms with E-state index in [1.165, 1.54) is 19.3 Å². The summed E-state index contributed by atoms with van der Waals surface area (Å²) in [6.07, 6.45) is 6.01. The summed E-state index contributed by atoms with van der Waals surface area (Å²) in [5.74, 6) is 0.373. The van der Waals surface area contributed by atoms with Gasteiger partial charge in [0.2, 0.25) is 0 Å². The van der Waals surface area contributed by atoms with E-state index in [9.17, 15) is 10.2 Å². The molecule has 0 heterocycles. The van der Waals surface area contributed by atoms with Crippen LogP contribution in [-0.4, -0.2) is 35.5 Å². The first-order valence-electron chi connectivity index (χ1n) is 6.11. The van der Waals surface area contributed by atoms with Crippen molar-refractivity contribution in [2.45, 2.75) is 57.2 Å². The molecule has 0 amide bonds. The molecule has 1 rings (SSSR count). The van der Waals surface area contributed by atoms with Crippen LogP contribution in [0.4, 0.5) is 0 Å². The molecule has 0 radical (unpaired) electrons. The summed E-state index contributed by atoms with van der Waals surface area (Å²) >= 11 is 0. The van der Waals surface area contributed by atoms with Gasteiger partial charge in [-0.15, -0.1) is 0 Å². The van der Waals surface area contributed by atoms with Gasteiger partial charge in [0.25, 0.3) is 0 Å². The van der Waals surface area contributed by atoms with E-state index in [1.54, 1.807) is 0 Å². The number of nitrogens with one attached hydrogen (secondary N) is 1. The van der Waals surface area contributed by atoms with Crippen molar-refractivity contribution < 1.29 is 10.2 Å². The summed E-state index contributed by atoms with van der Waals surface area (Å²) < 4.78 is 0. The zero-order valence-electron chi connectivity index (χ0n) is 10.00. The van der Waals surface area contributed by atoms with Crippen LogP contribution in [-0.2, 0) is 0 Å². The van der Waals surface area contributed by atoms with Crippen molar-refractivity contribution in [2.24, 2.45) is 5.92 Å². The molecule has 3 nitrogen and oxygen atoms in total. The van der Waals surface area contributed by atoms with Crippen LogP contribution in [0.5, 0.6) is 0 Å². The van der Waals surface area contributed by atoms with Crippen molar-refractivity contribution in [1.29, 1.82) is 0 Å².